The van der Waals surface area contributed by atoms with Crippen LogP contribution in [0, 0.1) is 12.7 Å². The van der Waals surface area contributed by atoms with Crippen LogP contribution in [0.4, 0.5) is 4.39 Å². The highest BCUT2D eigenvalue weighted by Crippen LogP contribution is 2.17. The summed E-state index contributed by atoms with van der Waals surface area (Å²) in [6.07, 6.45) is 0.938. The van der Waals surface area contributed by atoms with E-state index in [0.29, 0.717) is 16.7 Å². The Bertz CT molecular complexity index is 1660. The third kappa shape index (κ3) is 4.30. The van der Waals surface area contributed by atoms with Crippen molar-refractivity contribution >= 4 is 39.9 Å². The number of aromatic nitrogens is 4. The second-order valence-electron chi connectivity index (χ2n) is 7.86. The van der Waals surface area contributed by atoms with Gasteiger partial charge in [-0.3, -0.25) is 14.2 Å². The summed E-state index contributed by atoms with van der Waals surface area (Å²) in [7, 11) is 1.59. The molecule has 0 spiro atoms. The summed E-state index contributed by atoms with van der Waals surface area (Å²) in [6.45, 7) is 2.36. The molecule has 0 atom stereocenters. The van der Waals surface area contributed by atoms with Crippen LogP contribution in [0.3, 0.4) is 0 Å². The Morgan fingerprint density at radius 2 is 1.91 bits per heavy atom. The number of amides is 2. The van der Waals surface area contributed by atoms with Gasteiger partial charge in [0.25, 0.3) is 11.8 Å². The Labute approximate surface area is 201 Å². The van der Waals surface area contributed by atoms with Gasteiger partial charge < -0.3 is 15.1 Å². The van der Waals surface area contributed by atoms with Crippen LogP contribution in [0.15, 0.2) is 51.8 Å². The lowest BCUT2D eigenvalue weighted by atomic mass is 10.2. The molecule has 0 fully saturated rings. The predicted molar refractivity (Wildman–Crippen MR) is 126 cm³/mol. The van der Waals surface area contributed by atoms with Crippen LogP contribution in [0.1, 0.15) is 36.3 Å². The molecule has 0 saturated heterocycles. The van der Waals surface area contributed by atoms with Gasteiger partial charge in [-0.1, -0.05) is 6.07 Å². The number of benzene rings is 1. The molecule has 35 heavy (non-hydrogen) atoms. The summed E-state index contributed by atoms with van der Waals surface area (Å²) in [5, 5.41) is 9.36. The first-order chi connectivity index (χ1) is 16.8. The standard InChI is InChI=1S/C23H19FN6O4S/c1-12-3-5-14(35-12)10-26-22(32)18-8-16(28-20-15(24)11-27-30(18)20)21(31)25-9-13-4-6-19-17(7-13)29(2)23(33)34-19/h3-8,11H,9-10H2,1-2H3,(H,25,31)(H,26,32). The number of carbonyl (C=O) groups excluding carboxylic acids is 2. The van der Waals surface area contributed by atoms with Crippen molar-refractivity contribution in [2.45, 2.75) is 20.0 Å². The topological polar surface area (TPSA) is 124 Å². The number of carbonyl (C=O) groups is 2. The fraction of sp³-hybridized carbons (Fsp3) is 0.174. The van der Waals surface area contributed by atoms with Crippen molar-refractivity contribution in [3.63, 3.8) is 0 Å². The van der Waals surface area contributed by atoms with Crippen LogP contribution in [-0.2, 0) is 20.1 Å². The van der Waals surface area contributed by atoms with Crippen molar-refractivity contribution in [3.05, 3.63) is 85.7 Å². The quantitative estimate of drug-likeness (QED) is 0.374. The first-order valence-electron chi connectivity index (χ1n) is 10.5. The van der Waals surface area contributed by atoms with Gasteiger partial charge in [0.05, 0.1) is 18.3 Å². The molecular formula is C23H19FN6O4S. The van der Waals surface area contributed by atoms with Crippen LogP contribution >= 0.6 is 11.3 Å². The lowest BCUT2D eigenvalue weighted by Gasteiger charge is -2.09. The normalized spacial score (nSPS) is 11.3. The summed E-state index contributed by atoms with van der Waals surface area (Å²) in [6, 6.07) is 10.2. The zero-order valence-corrected chi connectivity index (χ0v) is 19.5. The van der Waals surface area contributed by atoms with Gasteiger partial charge in [-0.25, -0.2) is 18.7 Å². The molecule has 0 saturated carbocycles. The Balaban J connectivity index is 1.38. The zero-order chi connectivity index (χ0) is 24.7. The third-order valence-electron chi connectivity index (χ3n) is 5.42. The predicted octanol–water partition coefficient (Wildman–Crippen LogP) is 2.54. The van der Waals surface area contributed by atoms with Gasteiger partial charge in [0, 0.05) is 29.4 Å². The van der Waals surface area contributed by atoms with Crippen LogP contribution in [0.2, 0.25) is 0 Å². The molecule has 4 heterocycles. The Kier molecular flexibility index (Phi) is 5.65. The number of hydrogen-bond donors (Lipinski definition) is 2. The van der Waals surface area contributed by atoms with Gasteiger partial charge in [0.1, 0.15) is 11.4 Å². The fourth-order valence-corrected chi connectivity index (χ4v) is 4.44. The van der Waals surface area contributed by atoms with Gasteiger partial charge in [-0.15, -0.1) is 11.3 Å². The molecule has 10 nitrogen and oxygen atoms in total. The van der Waals surface area contributed by atoms with E-state index in [1.54, 1.807) is 36.6 Å². The summed E-state index contributed by atoms with van der Waals surface area (Å²) < 4.78 is 21.8. The first kappa shape index (κ1) is 22.5. The van der Waals surface area contributed by atoms with E-state index >= 15 is 0 Å². The molecule has 178 valence electrons. The van der Waals surface area contributed by atoms with E-state index in [0.717, 1.165) is 20.5 Å². The SMILES string of the molecule is Cc1ccc(CNC(=O)c2cc(C(=O)NCc3ccc4oc(=O)n(C)c4c3)nc3c(F)cnn23)s1. The molecule has 0 aliphatic carbocycles. The van der Waals surface area contributed by atoms with Gasteiger partial charge in [-0.2, -0.15) is 5.10 Å². The molecule has 0 unspecified atom stereocenters. The maximum Gasteiger partial charge on any atom is 0.419 e. The molecule has 0 bridgehead atoms. The monoisotopic (exact) mass is 494 g/mol. The highest BCUT2D eigenvalue weighted by Gasteiger charge is 2.20. The van der Waals surface area contributed by atoms with Gasteiger partial charge in [0.2, 0.25) is 0 Å². The van der Waals surface area contributed by atoms with E-state index in [9.17, 15) is 18.8 Å². The second-order valence-corrected chi connectivity index (χ2v) is 9.23. The molecule has 12 heteroatoms. The molecule has 1 aromatic carbocycles. The molecule has 5 rings (SSSR count). The van der Waals surface area contributed by atoms with Crippen LogP contribution in [0.5, 0.6) is 0 Å². The largest absolute Gasteiger partial charge is 0.419 e. The van der Waals surface area contributed by atoms with Crippen molar-refractivity contribution in [1.29, 1.82) is 0 Å². The number of nitrogens with zero attached hydrogens (tertiary/aromatic N) is 4. The van der Waals surface area contributed by atoms with Gasteiger partial charge in [-0.05, 0) is 36.8 Å². The number of oxazole rings is 1. The highest BCUT2D eigenvalue weighted by molar-refractivity contribution is 7.11. The van der Waals surface area contributed by atoms with E-state index in [4.69, 9.17) is 4.42 Å². The average molecular weight is 495 g/mol. The van der Waals surface area contributed by atoms with Crippen LogP contribution in [-0.4, -0.2) is 31.0 Å². The number of hydrogen-bond acceptors (Lipinski definition) is 7. The molecule has 0 aliphatic heterocycles. The summed E-state index contributed by atoms with van der Waals surface area (Å²) in [4.78, 5) is 43.5. The summed E-state index contributed by atoms with van der Waals surface area (Å²) in [5.74, 6) is -2.36. The van der Waals surface area contributed by atoms with E-state index in [-0.39, 0.29) is 30.1 Å². The number of halogens is 1. The number of fused-ring (bicyclic) bond motifs is 2. The Morgan fingerprint density at radius 1 is 1.11 bits per heavy atom. The minimum atomic E-state index is -0.756. The molecule has 2 N–H and O–H groups in total. The summed E-state index contributed by atoms with van der Waals surface area (Å²) >= 11 is 1.55. The van der Waals surface area contributed by atoms with Crippen molar-refractivity contribution in [3.8, 4) is 0 Å². The minimum absolute atomic E-state index is 0.0212. The van der Waals surface area contributed by atoms with E-state index in [2.05, 4.69) is 20.7 Å². The lowest BCUT2D eigenvalue weighted by Crippen LogP contribution is -2.28. The first-order valence-corrected chi connectivity index (χ1v) is 11.4. The van der Waals surface area contributed by atoms with E-state index in [1.165, 1.54) is 10.6 Å². The highest BCUT2D eigenvalue weighted by atomic mass is 32.1. The lowest BCUT2D eigenvalue weighted by molar-refractivity contribution is 0.0943. The van der Waals surface area contributed by atoms with Gasteiger partial charge in [0.15, 0.2) is 17.0 Å². The van der Waals surface area contributed by atoms with E-state index < -0.39 is 23.4 Å². The number of rotatable bonds is 6. The van der Waals surface area contributed by atoms with Crippen LogP contribution < -0.4 is 16.4 Å². The molecule has 2 amide bonds. The molecular weight excluding hydrogens is 475 g/mol. The second kappa shape index (κ2) is 8.80. The van der Waals surface area contributed by atoms with Gasteiger partial charge >= 0.3 is 5.76 Å². The van der Waals surface area contributed by atoms with Crippen molar-refractivity contribution in [2.24, 2.45) is 7.05 Å². The van der Waals surface area contributed by atoms with Crippen molar-refractivity contribution < 1.29 is 18.4 Å². The molecule has 4 aromatic heterocycles. The van der Waals surface area contributed by atoms with Crippen molar-refractivity contribution in [2.75, 3.05) is 0 Å². The minimum Gasteiger partial charge on any atom is -0.408 e. The number of nitrogens with one attached hydrogen (secondary N) is 2. The number of aryl methyl sites for hydroxylation is 2. The average Bonchev–Trinajstić information content (AvgIpc) is 3.52. The van der Waals surface area contributed by atoms with Crippen LogP contribution in [0.25, 0.3) is 16.7 Å². The summed E-state index contributed by atoms with van der Waals surface area (Å²) in [5.41, 5.74) is 1.34. The Hall–Kier alpha value is -4.32. The van der Waals surface area contributed by atoms with E-state index in [1.807, 2.05) is 19.1 Å². The third-order valence-corrected chi connectivity index (χ3v) is 6.42. The van der Waals surface area contributed by atoms with Crippen molar-refractivity contribution in [1.82, 2.24) is 29.8 Å². The maximum atomic E-state index is 14.3. The smallest absolute Gasteiger partial charge is 0.408 e. The fourth-order valence-electron chi connectivity index (χ4n) is 3.61. The molecule has 5 aromatic rings. The molecule has 0 aliphatic rings. The maximum absolute atomic E-state index is 14.3. The Morgan fingerprint density at radius 3 is 2.69 bits per heavy atom. The number of thiophene rings is 1. The molecule has 0 radical (unpaired) electrons. The zero-order valence-electron chi connectivity index (χ0n) is 18.7.